The Balaban J connectivity index is 3.17. The lowest BCUT2D eigenvalue weighted by atomic mass is 10.3. The van der Waals surface area contributed by atoms with Gasteiger partial charge in [-0.1, -0.05) is 25.0 Å². The average molecular weight is 154 g/mol. The molecule has 0 saturated heterocycles. The second kappa shape index (κ2) is 6.77. The Morgan fingerprint density at radius 3 is 2.80 bits per heavy atom. The SMILES string of the molecule is C=C(CC)CSCC#CC. The van der Waals surface area contributed by atoms with Gasteiger partial charge in [-0.3, -0.25) is 0 Å². The summed E-state index contributed by atoms with van der Waals surface area (Å²) in [6.07, 6.45) is 1.09. The second-order valence-electron chi connectivity index (χ2n) is 2.02. The molecule has 0 bridgehead atoms. The lowest BCUT2D eigenvalue weighted by molar-refractivity contribution is 1.12. The lowest BCUT2D eigenvalue weighted by Gasteiger charge is -1.97. The molecule has 10 heavy (non-hydrogen) atoms. The predicted octanol–water partition coefficient (Wildman–Crippen LogP) is 2.71. The lowest BCUT2D eigenvalue weighted by Crippen LogP contribution is -1.83. The number of rotatable bonds is 4. The molecule has 0 unspecified atom stereocenters. The van der Waals surface area contributed by atoms with Crippen molar-refractivity contribution in [2.45, 2.75) is 20.3 Å². The van der Waals surface area contributed by atoms with Crippen molar-refractivity contribution in [2.24, 2.45) is 0 Å². The maximum absolute atomic E-state index is 3.90. The second-order valence-corrected chi connectivity index (χ2v) is 3.01. The highest BCUT2D eigenvalue weighted by Gasteiger charge is 1.88. The van der Waals surface area contributed by atoms with Crippen LogP contribution in [0.4, 0.5) is 0 Å². The topological polar surface area (TPSA) is 0 Å². The predicted molar refractivity (Wildman–Crippen MR) is 50.2 cm³/mol. The van der Waals surface area contributed by atoms with Gasteiger partial charge in [-0.2, -0.15) is 0 Å². The molecule has 0 nitrogen and oxygen atoms in total. The first-order valence-corrected chi connectivity index (χ1v) is 4.60. The molecule has 0 rings (SSSR count). The summed E-state index contributed by atoms with van der Waals surface area (Å²) in [7, 11) is 0. The highest BCUT2D eigenvalue weighted by Crippen LogP contribution is 2.07. The summed E-state index contributed by atoms with van der Waals surface area (Å²) in [5.74, 6) is 7.86. The van der Waals surface area contributed by atoms with E-state index < -0.39 is 0 Å². The summed E-state index contributed by atoms with van der Waals surface area (Å²) < 4.78 is 0. The minimum absolute atomic E-state index is 0.940. The third-order valence-electron chi connectivity index (χ3n) is 1.16. The highest BCUT2D eigenvalue weighted by atomic mass is 32.2. The van der Waals surface area contributed by atoms with E-state index in [4.69, 9.17) is 0 Å². The molecule has 0 spiro atoms. The molecule has 1 heteroatoms. The highest BCUT2D eigenvalue weighted by molar-refractivity contribution is 7.99. The van der Waals surface area contributed by atoms with Gasteiger partial charge >= 0.3 is 0 Å². The van der Waals surface area contributed by atoms with Crippen LogP contribution in [0.25, 0.3) is 0 Å². The maximum Gasteiger partial charge on any atom is 0.0550 e. The van der Waals surface area contributed by atoms with Gasteiger partial charge in [-0.15, -0.1) is 17.7 Å². The van der Waals surface area contributed by atoms with E-state index in [1.165, 1.54) is 5.57 Å². The number of thioether (sulfide) groups is 1. The van der Waals surface area contributed by atoms with E-state index in [1.54, 1.807) is 0 Å². The molecular weight excluding hydrogens is 140 g/mol. The molecule has 0 atom stereocenters. The number of hydrogen-bond acceptors (Lipinski definition) is 1. The van der Waals surface area contributed by atoms with Crippen LogP contribution >= 0.6 is 11.8 Å². The van der Waals surface area contributed by atoms with Gasteiger partial charge in [0.15, 0.2) is 0 Å². The molecule has 0 saturated carbocycles. The fourth-order valence-electron chi connectivity index (χ4n) is 0.421. The molecule has 0 fully saturated rings. The molecule has 0 aromatic carbocycles. The minimum Gasteiger partial charge on any atom is -0.144 e. The quantitative estimate of drug-likeness (QED) is 0.341. The van der Waals surface area contributed by atoms with Crippen molar-refractivity contribution >= 4 is 11.8 Å². The molecular formula is C9H14S. The first-order chi connectivity index (χ1) is 4.81. The Morgan fingerprint density at radius 2 is 2.30 bits per heavy atom. The van der Waals surface area contributed by atoms with Crippen molar-refractivity contribution < 1.29 is 0 Å². The Bertz CT molecular complexity index is 148. The van der Waals surface area contributed by atoms with Gasteiger partial charge in [0.25, 0.3) is 0 Å². The van der Waals surface area contributed by atoms with Crippen LogP contribution in [0.2, 0.25) is 0 Å². The summed E-state index contributed by atoms with van der Waals surface area (Å²) in [5.41, 5.74) is 1.31. The van der Waals surface area contributed by atoms with Crippen molar-refractivity contribution in [1.82, 2.24) is 0 Å². The van der Waals surface area contributed by atoms with Crippen LogP contribution in [0.3, 0.4) is 0 Å². The van der Waals surface area contributed by atoms with Crippen molar-refractivity contribution in [3.05, 3.63) is 12.2 Å². The Hall–Kier alpha value is -0.350. The number of hydrogen-bond donors (Lipinski definition) is 0. The zero-order chi connectivity index (χ0) is 7.82. The fraction of sp³-hybridized carbons (Fsp3) is 0.556. The van der Waals surface area contributed by atoms with Gasteiger partial charge < -0.3 is 0 Å². The van der Waals surface area contributed by atoms with Gasteiger partial charge in [0.05, 0.1) is 5.75 Å². The molecule has 0 amide bonds. The summed E-state index contributed by atoms with van der Waals surface area (Å²) in [6, 6.07) is 0. The molecule has 0 heterocycles. The van der Waals surface area contributed by atoms with Crippen molar-refractivity contribution in [3.8, 4) is 11.8 Å². The summed E-state index contributed by atoms with van der Waals surface area (Å²) >= 11 is 1.84. The normalized spacial score (nSPS) is 8.20. The molecule has 0 N–H and O–H groups in total. The van der Waals surface area contributed by atoms with Crippen LogP contribution in [0, 0.1) is 11.8 Å². The van der Waals surface area contributed by atoms with E-state index in [0.717, 1.165) is 17.9 Å². The molecule has 56 valence electrons. The zero-order valence-electron chi connectivity index (χ0n) is 6.74. The Labute approximate surface area is 68.1 Å². The van der Waals surface area contributed by atoms with Crippen molar-refractivity contribution in [3.63, 3.8) is 0 Å². The summed E-state index contributed by atoms with van der Waals surface area (Å²) in [6.45, 7) is 7.91. The van der Waals surface area contributed by atoms with E-state index >= 15 is 0 Å². The van der Waals surface area contributed by atoms with Crippen LogP contribution in [0.5, 0.6) is 0 Å². The van der Waals surface area contributed by atoms with Crippen molar-refractivity contribution in [2.75, 3.05) is 11.5 Å². The van der Waals surface area contributed by atoms with Gasteiger partial charge in [-0.05, 0) is 13.3 Å². The molecule has 0 aromatic heterocycles. The minimum atomic E-state index is 0.940. The maximum atomic E-state index is 3.90. The Kier molecular flexibility index (Phi) is 6.53. The van der Waals surface area contributed by atoms with E-state index in [2.05, 4.69) is 25.3 Å². The van der Waals surface area contributed by atoms with E-state index in [0.29, 0.717) is 0 Å². The van der Waals surface area contributed by atoms with Crippen LogP contribution in [0.15, 0.2) is 12.2 Å². The molecule has 0 aliphatic rings. The zero-order valence-corrected chi connectivity index (χ0v) is 7.55. The molecule has 0 radical (unpaired) electrons. The third-order valence-corrected chi connectivity index (χ3v) is 2.12. The monoisotopic (exact) mass is 154 g/mol. The van der Waals surface area contributed by atoms with Crippen LogP contribution < -0.4 is 0 Å². The fourth-order valence-corrected chi connectivity index (χ4v) is 1.26. The standard InChI is InChI=1S/C9H14S/c1-4-6-7-10-8-9(3)5-2/h3,5,7-8H2,1-2H3. The summed E-state index contributed by atoms with van der Waals surface area (Å²) in [4.78, 5) is 0. The molecule has 0 aliphatic heterocycles. The average Bonchev–Trinajstić information content (AvgIpc) is 1.98. The van der Waals surface area contributed by atoms with Crippen LogP contribution in [-0.4, -0.2) is 11.5 Å². The molecule has 0 aliphatic carbocycles. The first kappa shape index (κ1) is 9.65. The van der Waals surface area contributed by atoms with Gasteiger partial charge in [0.1, 0.15) is 0 Å². The van der Waals surface area contributed by atoms with Crippen LogP contribution in [-0.2, 0) is 0 Å². The third kappa shape index (κ3) is 5.78. The van der Waals surface area contributed by atoms with Gasteiger partial charge in [0.2, 0.25) is 0 Å². The van der Waals surface area contributed by atoms with Gasteiger partial charge in [-0.25, -0.2) is 0 Å². The largest absolute Gasteiger partial charge is 0.144 e. The Morgan fingerprint density at radius 1 is 1.60 bits per heavy atom. The smallest absolute Gasteiger partial charge is 0.0550 e. The van der Waals surface area contributed by atoms with E-state index in [-0.39, 0.29) is 0 Å². The van der Waals surface area contributed by atoms with E-state index in [1.807, 2.05) is 18.7 Å². The summed E-state index contributed by atoms with van der Waals surface area (Å²) in [5, 5.41) is 0. The van der Waals surface area contributed by atoms with Crippen LogP contribution in [0.1, 0.15) is 20.3 Å². The van der Waals surface area contributed by atoms with Gasteiger partial charge in [0, 0.05) is 5.75 Å². The van der Waals surface area contributed by atoms with E-state index in [9.17, 15) is 0 Å². The first-order valence-electron chi connectivity index (χ1n) is 3.45. The molecule has 0 aromatic rings. The van der Waals surface area contributed by atoms with Crippen molar-refractivity contribution in [1.29, 1.82) is 0 Å².